The van der Waals surface area contributed by atoms with Gasteiger partial charge in [-0.1, -0.05) is 45.2 Å². The normalized spacial score (nSPS) is 12.5. The molecule has 0 aromatic carbocycles. The average Bonchev–Trinajstić information content (AvgIpc) is 2.16. The summed E-state index contributed by atoms with van der Waals surface area (Å²) in [5, 5.41) is 3.11. The average molecular weight is 167 g/mol. The van der Waals surface area contributed by atoms with E-state index in [0.29, 0.717) is 6.04 Å². The molecule has 0 amide bonds. The standard InChI is InChI=1S/C9H15N.C2H6/c1-5-7-9(6-2)8(3)10-4;1-2/h5-8,10H,1-2H2,3-4H3;1-2H3/b9-7+;/t8-;/m0./s1. The summed E-state index contributed by atoms with van der Waals surface area (Å²) in [5.74, 6) is 0. The zero-order valence-electron chi connectivity index (χ0n) is 8.72. The number of rotatable bonds is 4. The third kappa shape index (κ3) is 5.93. The number of allylic oxidation sites excluding steroid dienone is 2. The summed E-state index contributed by atoms with van der Waals surface area (Å²) < 4.78 is 0. The Labute approximate surface area is 76.9 Å². The number of hydrogen-bond donors (Lipinski definition) is 1. The van der Waals surface area contributed by atoms with Gasteiger partial charge in [0.1, 0.15) is 0 Å². The molecule has 0 aromatic heterocycles. The minimum Gasteiger partial charge on any atom is -0.313 e. The highest BCUT2D eigenvalue weighted by Crippen LogP contribution is 2.01. The first-order chi connectivity index (χ1) is 5.76. The lowest BCUT2D eigenvalue weighted by Gasteiger charge is -2.09. The van der Waals surface area contributed by atoms with Crippen molar-refractivity contribution in [2.75, 3.05) is 7.05 Å². The van der Waals surface area contributed by atoms with Crippen molar-refractivity contribution in [3.8, 4) is 0 Å². The van der Waals surface area contributed by atoms with Crippen LogP contribution in [0, 0.1) is 0 Å². The summed E-state index contributed by atoms with van der Waals surface area (Å²) in [6.07, 6.45) is 5.56. The van der Waals surface area contributed by atoms with E-state index in [-0.39, 0.29) is 0 Å². The molecule has 0 aliphatic carbocycles. The largest absolute Gasteiger partial charge is 0.313 e. The highest BCUT2D eigenvalue weighted by Gasteiger charge is 1.98. The molecule has 1 heteroatoms. The van der Waals surface area contributed by atoms with Crippen LogP contribution in [-0.4, -0.2) is 13.1 Å². The van der Waals surface area contributed by atoms with E-state index in [1.54, 1.807) is 6.08 Å². The smallest absolute Gasteiger partial charge is 0.0288 e. The lowest BCUT2D eigenvalue weighted by atomic mass is 10.1. The Balaban J connectivity index is 0. The molecule has 70 valence electrons. The molecule has 0 radical (unpaired) electrons. The third-order valence-electron chi connectivity index (χ3n) is 1.48. The molecule has 0 aromatic rings. The van der Waals surface area contributed by atoms with Gasteiger partial charge in [-0.25, -0.2) is 0 Å². The van der Waals surface area contributed by atoms with Crippen LogP contribution in [0.4, 0.5) is 0 Å². The third-order valence-corrected chi connectivity index (χ3v) is 1.48. The molecular weight excluding hydrogens is 146 g/mol. The monoisotopic (exact) mass is 167 g/mol. The SMILES string of the molecule is C=C/C=C(\C=C)[C@H](C)NC.CC. The fourth-order valence-electron chi connectivity index (χ4n) is 0.692. The zero-order valence-corrected chi connectivity index (χ0v) is 8.72. The minimum absolute atomic E-state index is 0.357. The van der Waals surface area contributed by atoms with Crippen molar-refractivity contribution < 1.29 is 0 Å². The summed E-state index contributed by atoms with van der Waals surface area (Å²) in [7, 11) is 1.92. The highest BCUT2D eigenvalue weighted by atomic mass is 14.9. The van der Waals surface area contributed by atoms with Gasteiger partial charge in [-0.3, -0.25) is 0 Å². The van der Waals surface area contributed by atoms with Crippen LogP contribution in [0.25, 0.3) is 0 Å². The van der Waals surface area contributed by atoms with Crippen molar-refractivity contribution >= 4 is 0 Å². The van der Waals surface area contributed by atoms with Crippen LogP contribution in [0.1, 0.15) is 20.8 Å². The van der Waals surface area contributed by atoms with Crippen LogP contribution in [0.5, 0.6) is 0 Å². The van der Waals surface area contributed by atoms with Crippen LogP contribution in [0.15, 0.2) is 37.0 Å². The minimum atomic E-state index is 0.357. The topological polar surface area (TPSA) is 12.0 Å². The van der Waals surface area contributed by atoms with Crippen molar-refractivity contribution in [1.82, 2.24) is 5.32 Å². The van der Waals surface area contributed by atoms with E-state index in [0.717, 1.165) is 5.57 Å². The van der Waals surface area contributed by atoms with Crippen LogP contribution >= 0.6 is 0 Å². The van der Waals surface area contributed by atoms with Crippen molar-refractivity contribution in [1.29, 1.82) is 0 Å². The summed E-state index contributed by atoms with van der Waals surface area (Å²) >= 11 is 0. The lowest BCUT2D eigenvalue weighted by Crippen LogP contribution is -2.22. The van der Waals surface area contributed by atoms with Gasteiger partial charge in [0.15, 0.2) is 0 Å². The molecule has 1 N–H and O–H groups in total. The molecule has 1 nitrogen and oxygen atoms in total. The Bertz CT molecular complexity index is 145. The van der Waals surface area contributed by atoms with Crippen molar-refractivity contribution in [2.24, 2.45) is 0 Å². The molecule has 0 saturated heterocycles. The first-order valence-corrected chi connectivity index (χ1v) is 4.38. The van der Waals surface area contributed by atoms with Gasteiger partial charge >= 0.3 is 0 Å². The summed E-state index contributed by atoms with van der Waals surface area (Å²) in [4.78, 5) is 0. The van der Waals surface area contributed by atoms with E-state index in [9.17, 15) is 0 Å². The van der Waals surface area contributed by atoms with Gasteiger partial charge in [-0.05, 0) is 19.5 Å². The molecule has 12 heavy (non-hydrogen) atoms. The zero-order chi connectivity index (χ0) is 9.98. The van der Waals surface area contributed by atoms with Crippen molar-refractivity contribution in [3.63, 3.8) is 0 Å². The second-order valence-corrected chi connectivity index (χ2v) is 2.12. The molecule has 0 unspecified atom stereocenters. The van der Waals surface area contributed by atoms with Crippen LogP contribution < -0.4 is 5.32 Å². The van der Waals surface area contributed by atoms with Gasteiger partial charge in [-0.2, -0.15) is 0 Å². The number of hydrogen-bond acceptors (Lipinski definition) is 1. The van der Waals surface area contributed by atoms with Gasteiger partial charge in [-0.15, -0.1) is 0 Å². The molecule has 0 bridgehead atoms. The van der Waals surface area contributed by atoms with Gasteiger partial charge in [0, 0.05) is 6.04 Å². The highest BCUT2D eigenvalue weighted by molar-refractivity contribution is 5.25. The summed E-state index contributed by atoms with van der Waals surface area (Å²) in [6, 6.07) is 0.357. The maximum absolute atomic E-state index is 3.69. The Hall–Kier alpha value is -0.820. The molecule has 0 aliphatic rings. The van der Waals surface area contributed by atoms with Gasteiger partial charge in [0.25, 0.3) is 0 Å². The number of likely N-dealkylation sites (N-methyl/N-ethyl adjacent to an activating group) is 1. The fourth-order valence-corrected chi connectivity index (χ4v) is 0.692. The molecule has 0 fully saturated rings. The fraction of sp³-hybridized carbons (Fsp3) is 0.455. The van der Waals surface area contributed by atoms with E-state index < -0.39 is 0 Å². The predicted molar refractivity (Wildman–Crippen MR) is 58.3 cm³/mol. The quantitative estimate of drug-likeness (QED) is 0.635. The van der Waals surface area contributed by atoms with E-state index in [4.69, 9.17) is 0 Å². The maximum Gasteiger partial charge on any atom is 0.0288 e. The van der Waals surface area contributed by atoms with Gasteiger partial charge < -0.3 is 5.32 Å². The Morgan fingerprint density at radius 2 is 1.83 bits per heavy atom. The Kier molecular flexibility index (Phi) is 11.7. The van der Waals surface area contributed by atoms with Gasteiger partial charge in [0.2, 0.25) is 0 Å². The molecular formula is C11H21N. The molecule has 0 saturated carbocycles. The maximum atomic E-state index is 3.69. The number of nitrogens with one attached hydrogen (secondary N) is 1. The first-order valence-electron chi connectivity index (χ1n) is 4.38. The predicted octanol–water partition coefficient (Wildman–Crippen LogP) is 2.92. The second kappa shape index (κ2) is 10.2. The van der Waals surface area contributed by atoms with Crippen LogP contribution in [0.2, 0.25) is 0 Å². The van der Waals surface area contributed by atoms with E-state index in [1.165, 1.54) is 0 Å². The molecule has 0 spiro atoms. The molecule has 0 heterocycles. The summed E-state index contributed by atoms with van der Waals surface area (Å²) in [5.41, 5.74) is 1.16. The first kappa shape index (κ1) is 13.7. The van der Waals surface area contributed by atoms with E-state index in [1.807, 2.05) is 33.0 Å². The molecule has 0 aliphatic heterocycles. The molecule has 0 rings (SSSR count). The van der Waals surface area contributed by atoms with E-state index >= 15 is 0 Å². The molecule has 1 atom stereocenters. The lowest BCUT2D eigenvalue weighted by molar-refractivity contribution is 0.706. The Morgan fingerprint density at radius 1 is 1.33 bits per heavy atom. The summed E-state index contributed by atoms with van der Waals surface area (Å²) in [6.45, 7) is 13.4. The second-order valence-electron chi connectivity index (χ2n) is 2.12. The van der Waals surface area contributed by atoms with Crippen LogP contribution in [0.3, 0.4) is 0 Å². The van der Waals surface area contributed by atoms with Crippen molar-refractivity contribution in [2.45, 2.75) is 26.8 Å². The van der Waals surface area contributed by atoms with E-state index in [2.05, 4.69) is 25.4 Å². The Morgan fingerprint density at radius 3 is 2.08 bits per heavy atom. The van der Waals surface area contributed by atoms with Gasteiger partial charge in [0.05, 0.1) is 0 Å². The van der Waals surface area contributed by atoms with Crippen molar-refractivity contribution in [3.05, 3.63) is 37.0 Å². The van der Waals surface area contributed by atoms with Crippen LogP contribution in [-0.2, 0) is 0 Å².